The molecule has 0 fully saturated rings. The highest BCUT2D eigenvalue weighted by Crippen LogP contribution is 2.38. The Labute approximate surface area is 315 Å². The predicted molar refractivity (Wildman–Crippen MR) is 221 cm³/mol. The van der Waals surface area contributed by atoms with Crippen molar-refractivity contribution >= 4 is 43.6 Å². The molecule has 6 heteroatoms. The van der Waals surface area contributed by atoms with E-state index in [0.29, 0.717) is 23.2 Å². The van der Waals surface area contributed by atoms with Gasteiger partial charge in [0, 0.05) is 32.7 Å². The van der Waals surface area contributed by atoms with Crippen molar-refractivity contribution in [1.29, 1.82) is 5.26 Å². The minimum Gasteiger partial charge on any atom is -0.308 e. The average Bonchev–Trinajstić information content (AvgIpc) is 3.69. The molecular formula is C48H40N6. The van der Waals surface area contributed by atoms with Gasteiger partial charge in [-0.15, -0.1) is 0 Å². The summed E-state index contributed by atoms with van der Waals surface area (Å²) in [6.07, 6.45) is 0. The predicted octanol–water partition coefficient (Wildman–Crippen LogP) is 11.9. The number of rotatable bonds is 4. The Balaban J connectivity index is 1.29. The fraction of sp³-hybridized carbons (Fsp3) is 0.167. The Morgan fingerprint density at radius 2 is 0.963 bits per heavy atom. The van der Waals surface area contributed by atoms with Crippen LogP contribution >= 0.6 is 0 Å². The average molecular weight is 701 g/mol. The molecule has 0 aliphatic heterocycles. The fourth-order valence-electron chi connectivity index (χ4n) is 7.62. The SMILES string of the molecule is CC(C)(C)c1ccc2c(c1)c1cc(C(C)(C)C)ccc1n2-c1nc(-c2ccccc2)nc(-c2ccc(-n3c4ccccc4c4ccccc43)c(C#N)c2)n1. The van der Waals surface area contributed by atoms with Crippen LogP contribution < -0.4 is 0 Å². The molecule has 0 atom stereocenters. The van der Waals surface area contributed by atoms with Gasteiger partial charge in [-0.05, 0) is 76.6 Å². The minimum atomic E-state index is -0.0189. The monoisotopic (exact) mass is 700 g/mol. The van der Waals surface area contributed by atoms with E-state index in [4.69, 9.17) is 15.0 Å². The third kappa shape index (κ3) is 5.43. The second-order valence-electron chi connectivity index (χ2n) is 16.2. The summed E-state index contributed by atoms with van der Waals surface area (Å²) < 4.78 is 4.34. The number of hydrogen-bond acceptors (Lipinski definition) is 4. The van der Waals surface area contributed by atoms with Gasteiger partial charge in [-0.1, -0.05) is 120 Å². The van der Waals surface area contributed by atoms with Crippen molar-refractivity contribution in [1.82, 2.24) is 24.1 Å². The molecule has 3 heterocycles. The molecule has 9 aromatic rings. The molecule has 0 unspecified atom stereocenters. The quantitative estimate of drug-likeness (QED) is 0.183. The van der Waals surface area contributed by atoms with Crippen LogP contribution in [-0.4, -0.2) is 24.1 Å². The number of para-hydroxylation sites is 2. The lowest BCUT2D eigenvalue weighted by Gasteiger charge is -2.19. The van der Waals surface area contributed by atoms with E-state index < -0.39 is 0 Å². The molecule has 54 heavy (non-hydrogen) atoms. The van der Waals surface area contributed by atoms with E-state index in [0.717, 1.165) is 60.4 Å². The first-order valence-corrected chi connectivity index (χ1v) is 18.4. The lowest BCUT2D eigenvalue weighted by molar-refractivity contribution is 0.590. The van der Waals surface area contributed by atoms with Crippen LogP contribution in [0.4, 0.5) is 0 Å². The molecule has 9 rings (SSSR count). The Morgan fingerprint density at radius 3 is 1.50 bits per heavy atom. The van der Waals surface area contributed by atoms with E-state index in [9.17, 15) is 5.26 Å². The van der Waals surface area contributed by atoms with E-state index in [1.54, 1.807) is 0 Å². The van der Waals surface area contributed by atoms with Gasteiger partial charge in [-0.3, -0.25) is 4.57 Å². The first-order valence-electron chi connectivity index (χ1n) is 18.4. The minimum absolute atomic E-state index is 0.0189. The normalized spacial score (nSPS) is 12.2. The van der Waals surface area contributed by atoms with Crippen LogP contribution in [0.1, 0.15) is 58.2 Å². The summed E-state index contributed by atoms with van der Waals surface area (Å²) in [7, 11) is 0. The highest BCUT2D eigenvalue weighted by Gasteiger charge is 2.23. The van der Waals surface area contributed by atoms with E-state index in [1.807, 2.05) is 60.7 Å². The molecule has 6 nitrogen and oxygen atoms in total. The van der Waals surface area contributed by atoms with Crippen LogP contribution in [0.25, 0.3) is 78.0 Å². The molecule has 0 saturated heterocycles. The maximum Gasteiger partial charge on any atom is 0.238 e. The highest BCUT2D eigenvalue weighted by atomic mass is 15.2. The molecule has 0 N–H and O–H groups in total. The van der Waals surface area contributed by atoms with Crippen molar-refractivity contribution in [2.75, 3.05) is 0 Å². The van der Waals surface area contributed by atoms with Gasteiger partial charge in [0.2, 0.25) is 5.95 Å². The van der Waals surface area contributed by atoms with Gasteiger partial charge in [-0.25, -0.2) is 4.98 Å². The van der Waals surface area contributed by atoms with Gasteiger partial charge in [0.15, 0.2) is 11.6 Å². The van der Waals surface area contributed by atoms with Gasteiger partial charge >= 0.3 is 0 Å². The van der Waals surface area contributed by atoms with E-state index in [2.05, 4.69) is 130 Å². The molecule has 3 aromatic heterocycles. The van der Waals surface area contributed by atoms with Crippen LogP contribution in [0.2, 0.25) is 0 Å². The van der Waals surface area contributed by atoms with Crippen molar-refractivity contribution in [2.24, 2.45) is 0 Å². The van der Waals surface area contributed by atoms with Crippen molar-refractivity contribution < 1.29 is 0 Å². The third-order valence-electron chi connectivity index (χ3n) is 10.5. The van der Waals surface area contributed by atoms with E-state index >= 15 is 0 Å². The number of hydrogen-bond donors (Lipinski definition) is 0. The lowest BCUT2D eigenvalue weighted by atomic mass is 9.85. The fourth-order valence-corrected chi connectivity index (χ4v) is 7.62. The summed E-state index contributed by atoms with van der Waals surface area (Å²) in [5.74, 6) is 1.58. The summed E-state index contributed by atoms with van der Waals surface area (Å²) in [6.45, 7) is 13.5. The summed E-state index contributed by atoms with van der Waals surface area (Å²) in [5.41, 5.74) is 9.61. The Kier molecular flexibility index (Phi) is 7.55. The molecule has 6 aromatic carbocycles. The zero-order chi connectivity index (χ0) is 37.4. The number of benzene rings is 6. The number of nitrogens with zero attached hydrogens (tertiary/aromatic N) is 6. The Morgan fingerprint density at radius 1 is 0.463 bits per heavy atom. The zero-order valence-corrected chi connectivity index (χ0v) is 31.4. The Bertz CT molecular complexity index is 2840. The summed E-state index contributed by atoms with van der Waals surface area (Å²) in [5, 5.41) is 15.3. The third-order valence-corrected chi connectivity index (χ3v) is 10.5. The van der Waals surface area contributed by atoms with Crippen LogP contribution in [0.3, 0.4) is 0 Å². The zero-order valence-electron chi connectivity index (χ0n) is 31.4. The highest BCUT2D eigenvalue weighted by molar-refractivity contribution is 6.10. The molecular weight excluding hydrogens is 661 g/mol. The van der Waals surface area contributed by atoms with Crippen LogP contribution in [0.5, 0.6) is 0 Å². The van der Waals surface area contributed by atoms with E-state index in [1.165, 1.54) is 11.1 Å². The summed E-state index contributed by atoms with van der Waals surface area (Å²) >= 11 is 0. The van der Waals surface area contributed by atoms with E-state index in [-0.39, 0.29) is 10.8 Å². The molecule has 0 spiro atoms. The topological polar surface area (TPSA) is 72.3 Å². The maximum atomic E-state index is 10.6. The first-order chi connectivity index (χ1) is 26.0. The van der Waals surface area contributed by atoms with Crippen molar-refractivity contribution in [2.45, 2.75) is 52.4 Å². The molecule has 262 valence electrons. The van der Waals surface area contributed by atoms with Gasteiger partial charge in [0.05, 0.1) is 33.3 Å². The van der Waals surface area contributed by atoms with Gasteiger partial charge < -0.3 is 4.57 Å². The molecule has 0 saturated carbocycles. The molecule has 0 amide bonds. The number of nitriles is 1. The summed E-state index contributed by atoms with van der Waals surface area (Å²) in [6, 6.07) is 48.6. The number of aromatic nitrogens is 5. The van der Waals surface area contributed by atoms with Crippen LogP contribution in [-0.2, 0) is 10.8 Å². The molecule has 0 aliphatic carbocycles. The standard InChI is InChI=1S/C48H40N6/c1-47(2,3)33-21-24-42-37(27-33)38-28-34(48(4,5)6)22-25-43(38)54(42)46-51-44(30-14-8-7-9-15-30)50-45(52-46)31-20-23-39(32(26-31)29-49)53-40-18-12-10-16-35(40)36-17-11-13-19-41(36)53/h7-28H,1-6H3. The van der Waals surface area contributed by atoms with Crippen LogP contribution in [0, 0.1) is 11.3 Å². The summed E-state index contributed by atoms with van der Waals surface area (Å²) in [4.78, 5) is 15.4. The van der Waals surface area contributed by atoms with Crippen molar-refractivity contribution in [3.63, 3.8) is 0 Å². The van der Waals surface area contributed by atoms with Gasteiger partial charge in [-0.2, -0.15) is 15.2 Å². The number of fused-ring (bicyclic) bond motifs is 6. The van der Waals surface area contributed by atoms with Gasteiger partial charge in [0.25, 0.3) is 0 Å². The largest absolute Gasteiger partial charge is 0.308 e. The second kappa shape index (κ2) is 12.2. The molecule has 0 bridgehead atoms. The van der Waals surface area contributed by atoms with Crippen LogP contribution in [0.15, 0.2) is 133 Å². The lowest BCUT2D eigenvalue weighted by Crippen LogP contribution is -2.10. The Hall–Kier alpha value is -6.58. The maximum absolute atomic E-state index is 10.6. The van der Waals surface area contributed by atoms with Crippen molar-refractivity contribution in [3.05, 3.63) is 150 Å². The molecule has 0 aliphatic rings. The van der Waals surface area contributed by atoms with Gasteiger partial charge in [0.1, 0.15) is 6.07 Å². The van der Waals surface area contributed by atoms with Crippen molar-refractivity contribution in [3.8, 4) is 40.5 Å². The second-order valence-corrected chi connectivity index (χ2v) is 16.2. The first kappa shape index (κ1) is 33.3. The molecule has 0 radical (unpaired) electrons. The smallest absolute Gasteiger partial charge is 0.238 e.